The number of likely N-dealkylation sites (tertiary alicyclic amines) is 1. The van der Waals surface area contributed by atoms with Gasteiger partial charge in [0.2, 0.25) is 5.91 Å². The maximum absolute atomic E-state index is 11.3. The summed E-state index contributed by atoms with van der Waals surface area (Å²) in [5.74, 6) is 0.986. The lowest BCUT2D eigenvalue weighted by Crippen LogP contribution is -2.40. The summed E-state index contributed by atoms with van der Waals surface area (Å²) < 4.78 is 6.10. The van der Waals surface area contributed by atoms with Crippen molar-refractivity contribution in [1.29, 1.82) is 0 Å². The smallest absolute Gasteiger partial charge is 0.219 e. The van der Waals surface area contributed by atoms with Gasteiger partial charge in [-0.15, -0.1) is 0 Å². The van der Waals surface area contributed by atoms with Crippen LogP contribution in [-0.4, -0.2) is 35.0 Å². The van der Waals surface area contributed by atoms with Gasteiger partial charge in [0.05, 0.1) is 0 Å². The zero-order valence-electron chi connectivity index (χ0n) is 11.6. The normalized spacial score (nSPS) is 16.4. The van der Waals surface area contributed by atoms with Gasteiger partial charge < -0.3 is 9.64 Å². The molecule has 4 heteroatoms. The van der Waals surface area contributed by atoms with Crippen molar-refractivity contribution >= 4 is 16.8 Å². The second-order valence-electron chi connectivity index (χ2n) is 5.15. The number of hydrogen-bond acceptors (Lipinski definition) is 3. The van der Waals surface area contributed by atoms with Gasteiger partial charge in [0, 0.05) is 44.4 Å². The summed E-state index contributed by atoms with van der Waals surface area (Å²) in [6.07, 6.45) is 3.71. The summed E-state index contributed by atoms with van der Waals surface area (Å²) in [5.41, 5.74) is 0.906. The number of amides is 1. The van der Waals surface area contributed by atoms with Crippen molar-refractivity contribution in [3.05, 3.63) is 36.5 Å². The van der Waals surface area contributed by atoms with Gasteiger partial charge in [-0.3, -0.25) is 9.78 Å². The van der Waals surface area contributed by atoms with E-state index in [9.17, 15) is 4.79 Å². The third-order valence-corrected chi connectivity index (χ3v) is 3.78. The zero-order chi connectivity index (χ0) is 13.9. The monoisotopic (exact) mass is 270 g/mol. The first-order valence-electron chi connectivity index (χ1n) is 7.00. The lowest BCUT2D eigenvalue weighted by molar-refractivity contribution is -0.130. The molecule has 0 unspecified atom stereocenters. The van der Waals surface area contributed by atoms with E-state index in [1.54, 1.807) is 13.1 Å². The largest absolute Gasteiger partial charge is 0.488 e. The molecule has 1 aliphatic rings. The minimum atomic E-state index is 0.148. The van der Waals surface area contributed by atoms with E-state index in [1.807, 2.05) is 35.2 Å². The van der Waals surface area contributed by atoms with Gasteiger partial charge in [0.15, 0.2) is 0 Å². The number of carbonyl (C=O) groups is 1. The van der Waals surface area contributed by atoms with Crippen LogP contribution in [0.3, 0.4) is 0 Å². The van der Waals surface area contributed by atoms with Gasteiger partial charge in [-0.2, -0.15) is 0 Å². The molecule has 104 valence electrons. The van der Waals surface area contributed by atoms with E-state index in [-0.39, 0.29) is 12.0 Å². The first kappa shape index (κ1) is 12.9. The predicted octanol–water partition coefficient (Wildman–Crippen LogP) is 2.62. The Morgan fingerprint density at radius 1 is 1.25 bits per heavy atom. The van der Waals surface area contributed by atoms with E-state index in [1.165, 1.54) is 0 Å². The lowest BCUT2D eigenvalue weighted by Gasteiger charge is -2.31. The Kier molecular flexibility index (Phi) is 3.54. The van der Waals surface area contributed by atoms with Crippen molar-refractivity contribution in [1.82, 2.24) is 9.88 Å². The Bertz CT molecular complexity index is 613. The summed E-state index contributed by atoms with van der Waals surface area (Å²) >= 11 is 0. The van der Waals surface area contributed by atoms with Crippen LogP contribution in [0.5, 0.6) is 5.75 Å². The summed E-state index contributed by atoms with van der Waals surface area (Å²) in [4.78, 5) is 17.6. The maximum atomic E-state index is 11.3. The number of ether oxygens (including phenoxy) is 1. The molecule has 1 fully saturated rings. The Morgan fingerprint density at radius 2 is 2.00 bits per heavy atom. The topological polar surface area (TPSA) is 42.4 Å². The summed E-state index contributed by atoms with van der Waals surface area (Å²) in [7, 11) is 0. The molecule has 0 saturated carbocycles. The minimum Gasteiger partial charge on any atom is -0.488 e. The highest BCUT2D eigenvalue weighted by Gasteiger charge is 2.22. The second kappa shape index (κ2) is 5.49. The molecule has 0 radical (unpaired) electrons. The Balaban J connectivity index is 1.73. The van der Waals surface area contributed by atoms with Crippen molar-refractivity contribution in [3.8, 4) is 5.75 Å². The number of aromatic nitrogens is 1. The van der Waals surface area contributed by atoms with Crippen molar-refractivity contribution in [2.45, 2.75) is 25.9 Å². The van der Waals surface area contributed by atoms with Gasteiger partial charge in [-0.05, 0) is 12.1 Å². The van der Waals surface area contributed by atoms with Crippen molar-refractivity contribution in [2.24, 2.45) is 0 Å². The van der Waals surface area contributed by atoms with Crippen molar-refractivity contribution in [3.63, 3.8) is 0 Å². The molecule has 3 rings (SSSR count). The van der Waals surface area contributed by atoms with E-state index < -0.39 is 0 Å². The van der Waals surface area contributed by atoms with Crippen LogP contribution in [0.4, 0.5) is 0 Å². The number of fused-ring (bicyclic) bond motifs is 1. The molecule has 0 N–H and O–H groups in total. The molecule has 1 aliphatic heterocycles. The van der Waals surface area contributed by atoms with Gasteiger partial charge in [-0.25, -0.2) is 0 Å². The molecule has 2 aromatic rings. The molecule has 1 aromatic heterocycles. The molecule has 1 amide bonds. The third kappa shape index (κ3) is 2.59. The van der Waals surface area contributed by atoms with E-state index in [4.69, 9.17) is 4.74 Å². The van der Waals surface area contributed by atoms with E-state index >= 15 is 0 Å². The molecule has 0 aliphatic carbocycles. The number of nitrogens with zero attached hydrogens (tertiary/aromatic N) is 2. The summed E-state index contributed by atoms with van der Waals surface area (Å²) in [5, 5.41) is 1.09. The molecule has 0 atom stereocenters. The fourth-order valence-corrected chi connectivity index (χ4v) is 2.64. The fraction of sp³-hybridized carbons (Fsp3) is 0.375. The number of piperidine rings is 1. The van der Waals surface area contributed by atoms with Crippen LogP contribution in [0, 0.1) is 0 Å². The average Bonchev–Trinajstić information content (AvgIpc) is 2.48. The first-order valence-corrected chi connectivity index (χ1v) is 7.00. The van der Waals surface area contributed by atoms with E-state index in [0.29, 0.717) is 0 Å². The highest BCUT2D eigenvalue weighted by Crippen LogP contribution is 2.26. The zero-order valence-corrected chi connectivity index (χ0v) is 11.6. The summed E-state index contributed by atoms with van der Waals surface area (Å²) in [6.45, 7) is 3.17. The lowest BCUT2D eigenvalue weighted by atomic mass is 10.1. The second-order valence-corrected chi connectivity index (χ2v) is 5.15. The van der Waals surface area contributed by atoms with Crippen LogP contribution in [0.2, 0.25) is 0 Å². The third-order valence-electron chi connectivity index (χ3n) is 3.78. The Labute approximate surface area is 118 Å². The maximum Gasteiger partial charge on any atom is 0.219 e. The average molecular weight is 270 g/mol. The Morgan fingerprint density at radius 3 is 2.75 bits per heavy atom. The highest BCUT2D eigenvalue weighted by atomic mass is 16.5. The van der Waals surface area contributed by atoms with Gasteiger partial charge >= 0.3 is 0 Å². The minimum absolute atomic E-state index is 0.148. The first-order chi connectivity index (χ1) is 9.74. The summed E-state index contributed by atoms with van der Waals surface area (Å²) in [6, 6.07) is 9.95. The molecular weight excluding hydrogens is 252 g/mol. The van der Waals surface area contributed by atoms with Crippen molar-refractivity contribution in [2.75, 3.05) is 13.1 Å². The van der Waals surface area contributed by atoms with Crippen LogP contribution in [-0.2, 0) is 4.79 Å². The molecule has 0 spiro atoms. The predicted molar refractivity (Wildman–Crippen MR) is 77.6 cm³/mol. The molecular formula is C16H18N2O2. The molecule has 1 aromatic carbocycles. The van der Waals surface area contributed by atoms with Crippen LogP contribution in [0.1, 0.15) is 19.8 Å². The number of carbonyl (C=O) groups excluding carboxylic acids is 1. The number of benzene rings is 1. The standard InChI is InChI=1S/C16H18N2O2/c1-12(19)18-10-7-14(8-11-18)20-15-6-2-4-13-5-3-9-17-16(13)15/h2-6,9,14H,7-8,10-11H2,1H3. The van der Waals surface area contributed by atoms with Crippen LogP contribution in [0.15, 0.2) is 36.5 Å². The van der Waals surface area contributed by atoms with Crippen molar-refractivity contribution < 1.29 is 9.53 Å². The van der Waals surface area contributed by atoms with Crippen LogP contribution >= 0.6 is 0 Å². The van der Waals surface area contributed by atoms with Gasteiger partial charge in [-0.1, -0.05) is 18.2 Å². The van der Waals surface area contributed by atoms with Crippen LogP contribution in [0.25, 0.3) is 10.9 Å². The SMILES string of the molecule is CC(=O)N1CCC(Oc2cccc3cccnc23)CC1. The number of rotatable bonds is 2. The molecule has 2 heterocycles. The number of hydrogen-bond donors (Lipinski definition) is 0. The Hall–Kier alpha value is -2.10. The van der Waals surface area contributed by atoms with E-state index in [2.05, 4.69) is 4.98 Å². The molecule has 4 nitrogen and oxygen atoms in total. The quantitative estimate of drug-likeness (QED) is 0.842. The number of pyridine rings is 1. The van der Waals surface area contributed by atoms with Crippen LogP contribution < -0.4 is 4.74 Å². The van der Waals surface area contributed by atoms with E-state index in [0.717, 1.165) is 42.6 Å². The molecule has 20 heavy (non-hydrogen) atoms. The molecule has 1 saturated heterocycles. The number of para-hydroxylation sites is 1. The fourth-order valence-electron chi connectivity index (χ4n) is 2.64. The van der Waals surface area contributed by atoms with Gasteiger partial charge in [0.1, 0.15) is 17.4 Å². The van der Waals surface area contributed by atoms with Gasteiger partial charge in [0.25, 0.3) is 0 Å². The highest BCUT2D eigenvalue weighted by molar-refractivity contribution is 5.84. The molecule has 0 bridgehead atoms.